The maximum Gasteiger partial charge on any atom is 0.329 e. The van der Waals surface area contributed by atoms with Crippen molar-refractivity contribution < 1.29 is 14.7 Å². The minimum atomic E-state index is -1.04. The van der Waals surface area contributed by atoms with E-state index in [0.29, 0.717) is 24.9 Å². The van der Waals surface area contributed by atoms with Crippen LogP contribution in [0, 0.1) is 0 Å². The first-order chi connectivity index (χ1) is 9.12. The summed E-state index contributed by atoms with van der Waals surface area (Å²) in [7, 11) is 0. The molecule has 0 bridgehead atoms. The number of hydrogen-bond acceptors (Lipinski definition) is 2. The fourth-order valence-corrected chi connectivity index (χ4v) is 2.81. The van der Waals surface area contributed by atoms with Crippen molar-refractivity contribution in [2.45, 2.75) is 38.1 Å². The van der Waals surface area contributed by atoms with Crippen molar-refractivity contribution >= 4 is 11.9 Å². The molecule has 1 saturated heterocycles. The van der Waals surface area contributed by atoms with Crippen molar-refractivity contribution in [3.8, 4) is 0 Å². The standard InChI is InChI=1S/C15H19NO3/c1-2-15(14(18)19)10-6-7-11-16(15)13(17)12-8-4-3-5-9-12/h3-5,8-9H,2,6-7,10-11H2,1H3,(H,18,19). The molecule has 1 aromatic carbocycles. The zero-order chi connectivity index (χ0) is 13.9. The monoisotopic (exact) mass is 261 g/mol. The van der Waals surface area contributed by atoms with Crippen molar-refractivity contribution in [2.24, 2.45) is 0 Å². The molecule has 102 valence electrons. The first kappa shape index (κ1) is 13.6. The van der Waals surface area contributed by atoms with E-state index in [9.17, 15) is 14.7 Å². The Kier molecular flexibility index (Phi) is 3.88. The number of benzene rings is 1. The fourth-order valence-electron chi connectivity index (χ4n) is 2.81. The van der Waals surface area contributed by atoms with Gasteiger partial charge in [0.1, 0.15) is 5.54 Å². The van der Waals surface area contributed by atoms with Crippen LogP contribution < -0.4 is 0 Å². The highest BCUT2D eigenvalue weighted by atomic mass is 16.4. The lowest BCUT2D eigenvalue weighted by atomic mass is 9.83. The molecular formula is C15H19NO3. The highest BCUT2D eigenvalue weighted by Gasteiger charge is 2.46. The summed E-state index contributed by atoms with van der Waals surface area (Å²) in [5.41, 5.74) is -0.478. The zero-order valence-corrected chi connectivity index (χ0v) is 11.1. The van der Waals surface area contributed by atoms with Gasteiger partial charge in [-0.25, -0.2) is 4.79 Å². The van der Waals surface area contributed by atoms with Gasteiger partial charge >= 0.3 is 5.97 Å². The lowest BCUT2D eigenvalue weighted by Crippen LogP contribution is -2.59. The summed E-state index contributed by atoms with van der Waals surface area (Å²) in [4.78, 5) is 25.8. The van der Waals surface area contributed by atoms with Crippen LogP contribution in [0.25, 0.3) is 0 Å². The molecule has 1 heterocycles. The molecule has 19 heavy (non-hydrogen) atoms. The molecule has 0 aliphatic carbocycles. The van der Waals surface area contributed by atoms with Gasteiger partial charge in [-0.2, -0.15) is 0 Å². The number of aliphatic carboxylic acids is 1. The molecular weight excluding hydrogens is 242 g/mol. The molecule has 0 aromatic heterocycles. The molecule has 0 radical (unpaired) electrons. The second kappa shape index (κ2) is 5.43. The molecule has 4 heteroatoms. The quantitative estimate of drug-likeness (QED) is 0.909. The largest absolute Gasteiger partial charge is 0.479 e. The molecule has 1 N–H and O–H groups in total. The van der Waals surface area contributed by atoms with E-state index in [1.54, 1.807) is 29.2 Å². The van der Waals surface area contributed by atoms with Gasteiger partial charge in [0, 0.05) is 12.1 Å². The van der Waals surface area contributed by atoms with Gasteiger partial charge in [-0.3, -0.25) is 4.79 Å². The lowest BCUT2D eigenvalue weighted by molar-refractivity contribution is -0.152. The molecule has 1 unspecified atom stereocenters. The minimum absolute atomic E-state index is 0.176. The summed E-state index contributed by atoms with van der Waals surface area (Å²) < 4.78 is 0. The first-order valence-electron chi connectivity index (χ1n) is 6.72. The summed E-state index contributed by atoms with van der Waals surface area (Å²) in [6.07, 6.45) is 2.71. The number of rotatable bonds is 3. The Bertz CT molecular complexity index is 472. The van der Waals surface area contributed by atoms with E-state index in [2.05, 4.69) is 0 Å². The van der Waals surface area contributed by atoms with Crippen LogP contribution in [0.15, 0.2) is 30.3 Å². The minimum Gasteiger partial charge on any atom is -0.479 e. The van der Waals surface area contributed by atoms with E-state index < -0.39 is 11.5 Å². The fraction of sp³-hybridized carbons (Fsp3) is 0.467. The number of hydrogen-bond donors (Lipinski definition) is 1. The lowest BCUT2D eigenvalue weighted by Gasteiger charge is -2.43. The van der Waals surface area contributed by atoms with E-state index in [0.717, 1.165) is 12.8 Å². The van der Waals surface area contributed by atoms with E-state index in [1.807, 2.05) is 13.0 Å². The van der Waals surface area contributed by atoms with Gasteiger partial charge in [0.05, 0.1) is 0 Å². The number of carboxylic acid groups (broad SMARTS) is 1. The molecule has 1 aliphatic rings. The van der Waals surface area contributed by atoms with E-state index >= 15 is 0 Å². The number of likely N-dealkylation sites (tertiary alicyclic amines) is 1. The summed E-state index contributed by atoms with van der Waals surface area (Å²) in [6.45, 7) is 2.36. The molecule has 1 atom stereocenters. The van der Waals surface area contributed by atoms with Crippen LogP contribution in [0.3, 0.4) is 0 Å². The summed E-state index contributed by atoms with van der Waals surface area (Å²) in [6, 6.07) is 8.91. The molecule has 0 saturated carbocycles. The number of piperidine rings is 1. The van der Waals surface area contributed by atoms with E-state index in [4.69, 9.17) is 0 Å². The first-order valence-corrected chi connectivity index (χ1v) is 6.72. The normalized spacial score (nSPS) is 23.1. The van der Waals surface area contributed by atoms with Gasteiger partial charge < -0.3 is 10.0 Å². The van der Waals surface area contributed by atoms with Gasteiger partial charge in [-0.15, -0.1) is 0 Å². The molecule has 1 amide bonds. The topological polar surface area (TPSA) is 57.6 Å². The average molecular weight is 261 g/mol. The molecule has 2 rings (SSSR count). The highest BCUT2D eigenvalue weighted by Crippen LogP contribution is 2.32. The molecule has 4 nitrogen and oxygen atoms in total. The van der Waals surface area contributed by atoms with Crippen molar-refractivity contribution in [3.05, 3.63) is 35.9 Å². The Balaban J connectivity index is 2.35. The van der Waals surface area contributed by atoms with Gasteiger partial charge in [0.15, 0.2) is 0 Å². The number of nitrogens with zero attached hydrogens (tertiary/aromatic N) is 1. The van der Waals surface area contributed by atoms with Crippen LogP contribution in [0.5, 0.6) is 0 Å². The number of carbonyl (C=O) groups is 2. The van der Waals surface area contributed by atoms with Crippen LogP contribution >= 0.6 is 0 Å². The van der Waals surface area contributed by atoms with Gasteiger partial charge in [-0.1, -0.05) is 25.1 Å². The maximum absolute atomic E-state index is 12.5. The Morgan fingerprint density at radius 3 is 2.53 bits per heavy atom. The molecule has 1 fully saturated rings. The number of carbonyl (C=O) groups excluding carboxylic acids is 1. The van der Waals surface area contributed by atoms with E-state index in [-0.39, 0.29) is 5.91 Å². The predicted molar refractivity (Wildman–Crippen MR) is 72.0 cm³/mol. The van der Waals surface area contributed by atoms with Crippen molar-refractivity contribution in [1.82, 2.24) is 4.90 Å². The molecule has 1 aromatic rings. The summed E-state index contributed by atoms with van der Waals surface area (Å²) in [5, 5.41) is 9.56. The van der Waals surface area contributed by atoms with E-state index in [1.165, 1.54) is 0 Å². The number of amides is 1. The van der Waals surface area contributed by atoms with Crippen molar-refractivity contribution in [3.63, 3.8) is 0 Å². The van der Waals surface area contributed by atoms with Crippen LogP contribution in [0.1, 0.15) is 43.0 Å². The van der Waals surface area contributed by atoms with Gasteiger partial charge in [0.2, 0.25) is 0 Å². The highest BCUT2D eigenvalue weighted by molar-refractivity contribution is 5.98. The third-order valence-corrected chi connectivity index (χ3v) is 3.99. The smallest absolute Gasteiger partial charge is 0.329 e. The zero-order valence-electron chi connectivity index (χ0n) is 11.1. The molecule has 0 spiro atoms. The van der Waals surface area contributed by atoms with Gasteiger partial charge in [-0.05, 0) is 37.8 Å². The van der Waals surface area contributed by atoms with Crippen molar-refractivity contribution in [2.75, 3.05) is 6.54 Å². The number of carboxylic acids is 1. The third-order valence-electron chi connectivity index (χ3n) is 3.99. The molecule has 1 aliphatic heterocycles. The Morgan fingerprint density at radius 1 is 1.26 bits per heavy atom. The second-order valence-electron chi connectivity index (χ2n) is 4.97. The van der Waals surface area contributed by atoms with Crippen LogP contribution in [0.2, 0.25) is 0 Å². The SMILES string of the molecule is CCC1(C(=O)O)CCCCN1C(=O)c1ccccc1. The van der Waals surface area contributed by atoms with Gasteiger partial charge in [0.25, 0.3) is 5.91 Å². The Morgan fingerprint density at radius 2 is 1.95 bits per heavy atom. The average Bonchev–Trinajstić information content (AvgIpc) is 2.47. The second-order valence-corrected chi connectivity index (χ2v) is 4.97. The summed E-state index contributed by atoms with van der Waals surface area (Å²) in [5.74, 6) is -1.07. The van der Waals surface area contributed by atoms with Crippen LogP contribution in [-0.2, 0) is 4.79 Å². The van der Waals surface area contributed by atoms with Crippen LogP contribution in [0.4, 0.5) is 0 Å². The Hall–Kier alpha value is -1.84. The van der Waals surface area contributed by atoms with Crippen LogP contribution in [-0.4, -0.2) is 34.0 Å². The van der Waals surface area contributed by atoms with Crippen molar-refractivity contribution in [1.29, 1.82) is 0 Å². The summed E-state index contributed by atoms with van der Waals surface area (Å²) >= 11 is 0. The predicted octanol–water partition coefficient (Wildman–Crippen LogP) is 2.55. The maximum atomic E-state index is 12.5. The third kappa shape index (κ3) is 2.35. The Labute approximate surface area is 113 Å².